The SMILES string of the molecule is CCC(=O)C(C)C(O)C=CC(C)=CC(=O)O. The van der Waals surface area contributed by atoms with Gasteiger partial charge in [-0.05, 0) is 12.5 Å². The van der Waals surface area contributed by atoms with Crippen LogP contribution in [0.25, 0.3) is 0 Å². The molecule has 2 unspecified atom stereocenters. The molecule has 90 valence electrons. The standard InChI is InChI=1S/C12H18O4/c1-4-10(13)9(3)11(14)6-5-8(2)7-12(15)16/h5-7,9,11,14H,4H2,1-3H3,(H,15,16). The molecule has 0 saturated carbocycles. The highest BCUT2D eigenvalue weighted by Gasteiger charge is 2.17. The van der Waals surface area contributed by atoms with E-state index in [0.29, 0.717) is 12.0 Å². The van der Waals surface area contributed by atoms with Gasteiger partial charge >= 0.3 is 5.97 Å². The number of carboxylic acid groups (broad SMARTS) is 1. The smallest absolute Gasteiger partial charge is 0.328 e. The highest BCUT2D eigenvalue weighted by Crippen LogP contribution is 2.09. The minimum atomic E-state index is -1.03. The van der Waals surface area contributed by atoms with Crippen LogP contribution in [0.3, 0.4) is 0 Å². The molecule has 0 aliphatic rings. The number of ketones is 1. The second-order valence-corrected chi connectivity index (χ2v) is 3.68. The first-order valence-corrected chi connectivity index (χ1v) is 5.18. The first-order chi connectivity index (χ1) is 7.38. The summed E-state index contributed by atoms with van der Waals surface area (Å²) in [5.41, 5.74) is 0.516. The highest BCUT2D eigenvalue weighted by molar-refractivity contribution is 5.81. The number of allylic oxidation sites excluding steroid dienone is 2. The Balaban J connectivity index is 4.44. The molecule has 0 aliphatic heterocycles. The molecule has 0 heterocycles. The van der Waals surface area contributed by atoms with Crippen LogP contribution in [0.2, 0.25) is 0 Å². The molecule has 0 aromatic heterocycles. The number of carboxylic acids is 1. The Kier molecular flexibility index (Phi) is 6.34. The van der Waals surface area contributed by atoms with E-state index in [9.17, 15) is 14.7 Å². The van der Waals surface area contributed by atoms with E-state index in [2.05, 4.69) is 0 Å². The second kappa shape index (κ2) is 6.95. The number of carbonyl (C=O) groups excluding carboxylic acids is 1. The van der Waals surface area contributed by atoms with E-state index in [1.807, 2.05) is 0 Å². The van der Waals surface area contributed by atoms with Gasteiger partial charge in [0, 0.05) is 18.4 Å². The molecule has 0 radical (unpaired) electrons. The summed E-state index contributed by atoms with van der Waals surface area (Å²) in [5.74, 6) is -1.51. The largest absolute Gasteiger partial charge is 0.478 e. The zero-order valence-corrected chi connectivity index (χ0v) is 9.80. The van der Waals surface area contributed by atoms with Gasteiger partial charge in [-0.2, -0.15) is 0 Å². The van der Waals surface area contributed by atoms with Crippen molar-refractivity contribution in [3.63, 3.8) is 0 Å². The number of aliphatic hydroxyl groups excluding tert-OH is 1. The molecular formula is C12H18O4. The van der Waals surface area contributed by atoms with Gasteiger partial charge in [-0.3, -0.25) is 4.79 Å². The predicted molar refractivity (Wildman–Crippen MR) is 61.0 cm³/mol. The van der Waals surface area contributed by atoms with Gasteiger partial charge in [0.25, 0.3) is 0 Å². The van der Waals surface area contributed by atoms with Crippen molar-refractivity contribution in [2.45, 2.75) is 33.3 Å². The third-order valence-electron chi connectivity index (χ3n) is 2.28. The van der Waals surface area contributed by atoms with Crippen molar-refractivity contribution in [1.82, 2.24) is 0 Å². The number of aliphatic carboxylic acids is 1. The van der Waals surface area contributed by atoms with Crippen molar-refractivity contribution in [2.24, 2.45) is 5.92 Å². The lowest BCUT2D eigenvalue weighted by Crippen LogP contribution is -2.23. The summed E-state index contributed by atoms with van der Waals surface area (Å²) in [5, 5.41) is 18.1. The van der Waals surface area contributed by atoms with Crippen LogP contribution in [0, 0.1) is 5.92 Å². The van der Waals surface area contributed by atoms with Crippen molar-refractivity contribution in [3.8, 4) is 0 Å². The molecule has 0 aromatic carbocycles. The third-order valence-corrected chi connectivity index (χ3v) is 2.28. The number of hydrogen-bond acceptors (Lipinski definition) is 3. The topological polar surface area (TPSA) is 74.6 Å². The zero-order chi connectivity index (χ0) is 12.7. The van der Waals surface area contributed by atoms with Crippen molar-refractivity contribution in [3.05, 3.63) is 23.8 Å². The number of aliphatic hydroxyl groups is 1. The average Bonchev–Trinajstić information content (AvgIpc) is 2.22. The van der Waals surface area contributed by atoms with Crippen LogP contribution in [-0.4, -0.2) is 28.1 Å². The van der Waals surface area contributed by atoms with E-state index in [4.69, 9.17) is 5.11 Å². The monoisotopic (exact) mass is 226 g/mol. The summed E-state index contributed by atoms with van der Waals surface area (Å²) in [6.07, 6.45) is 3.49. The Morgan fingerprint density at radius 1 is 1.38 bits per heavy atom. The number of carbonyl (C=O) groups is 2. The van der Waals surface area contributed by atoms with Gasteiger partial charge < -0.3 is 10.2 Å². The second-order valence-electron chi connectivity index (χ2n) is 3.68. The van der Waals surface area contributed by atoms with Crippen LogP contribution in [0.15, 0.2) is 23.8 Å². The number of Topliss-reactive ketones (excluding diaryl/α,β-unsaturated/α-hetero) is 1. The Bertz CT molecular complexity index is 315. The van der Waals surface area contributed by atoms with Crippen LogP contribution in [-0.2, 0) is 9.59 Å². The van der Waals surface area contributed by atoms with Crippen molar-refractivity contribution in [1.29, 1.82) is 0 Å². The first-order valence-electron chi connectivity index (χ1n) is 5.18. The van der Waals surface area contributed by atoms with E-state index in [-0.39, 0.29) is 5.78 Å². The molecule has 0 spiro atoms. The molecule has 0 saturated heterocycles. The van der Waals surface area contributed by atoms with Crippen LogP contribution in [0.4, 0.5) is 0 Å². The Morgan fingerprint density at radius 3 is 2.38 bits per heavy atom. The molecule has 0 rings (SSSR count). The van der Waals surface area contributed by atoms with Gasteiger partial charge in [0.05, 0.1) is 6.10 Å². The average molecular weight is 226 g/mol. The first kappa shape index (κ1) is 14.6. The van der Waals surface area contributed by atoms with Crippen LogP contribution < -0.4 is 0 Å². The molecule has 4 heteroatoms. The van der Waals surface area contributed by atoms with E-state index >= 15 is 0 Å². The van der Waals surface area contributed by atoms with Gasteiger partial charge in [0.15, 0.2) is 0 Å². The third kappa shape index (κ3) is 5.46. The molecule has 0 fully saturated rings. The predicted octanol–water partition coefficient (Wildman–Crippen LogP) is 1.55. The fraction of sp³-hybridized carbons (Fsp3) is 0.500. The lowest BCUT2D eigenvalue weighted by molar-refractivity contribution is -0.131. The molecule has 16 heavy (non-hydrogen) atoms. The quantitative estimate of drug-likeness (QED) is 0.532. The summed E-state index contributed by atoms with van der Waals surface area (Å²) < 4.78 is 0. The Morgan fingerprint density at radius 2 is 1.94 bits per heavy atom. The van der Waals surface area contributed by atoms with Gasteiger partial charge in [-0.25, -0.2) is 4.79 Å². The maximum atomic E-state index is 11.3. The lowest BCUT2D eigenvalue weighted by Gasteiger charge is -2.12. The summed E-state index contributed by atoms with van der Waals surface area (Å²) in [6, 6.07) is 0. The zero-order valence-electron chi connectivity index (χ0n) is 9.80. The van der Waals surface area contributed by atoms with Gasteiger partial charge in [-0.15, -0.1) is 0 Å². The van der Waals surface area contributed by atoms with E-state index < -0.39 is 18.0 Å². The van der Waals surface area contributed by atoms with Crippen LogP contribution in [0.5, 0.6) is 0 Å². The van der Waals surface area contributed by atoms with Crippen LogP contribution in [0.1, 0.15) is 27.2 Å². The molecule has 2 N–H and O–H groups in total. The van der Waals surface area contributed by atoms with Crippen LogP contribution >= 0.6 is 0 Å². The molecule has 4 nitrogen and oxygen atoms in total. The van der Waals surface area contributed by atoms with Gasteiger partial charge in [0.1, 0.15) is 5.78 Å². The van der Waals surface area contributed by atoms with Gasteiger partial charge in [-0.1, -0.05) is 26.0 Å². The minimum absolute atomic E-state index is 0.0167. The van der Waals surface area contributed by atoms with Crippen molar-refractivity contribution < 1.29 is 19.8 Å². The normalized spacial score (nSPS) is 16.1. The summed E-state index contributed by atoms with van der Waals surface area (Å²) in [4.78, 5) is 21.6. The summed E-state index contributed by atoms with van der Waals surface area (Å²) in [7, 11) is 0. The maximum absolute atomic E-state index is 11.3. The molecular weight excluding hydrogens is 208 g/mol. The molecule has 0 aliphatic carbocycles. The van der Waals surface area contributed by atoms with Crippen molar-refractivity contribution >= 4 is 11.8 Å². The number of hydrogen-bond donors (Lipinski definition) is 2. The molecule has 0 aromatic rings. The Hall–Kier alpha value is -1.42. The van der Waals surface area contributed by atoms with Gasteiger partial charge in [0.2, 0.25) is 0 Å². The molecule has 0 bridgehead atoms. The van der Waals surface area contributed by atoms with E-state index in [1.165, 1.54) is 12.2 Å². The fourth-order valence-corrected chi connectivity index (χ4v) is 1.17. The van der Waals surface area contributed by atoms with Crippen molar-refractivity contribution in [2.75, 3.05) is 0 Å². The maximum Gasteiger partial charge on any atom is 0.328 e. The number of rotatable bonds is 6. The summed E-state index contributed by atoms with van der Waals surface area (Å²) in [6.45, 7) is 5.01. The van der Waals surface area contributed by atoms with E-state index in [0.717, 1.165) is 6.08 Å². The molecule has 2 atom stereocenters. The van der Waals surface area contributed by atoms with E-state index in [1.54, 1.807) is 20.8 Å². The minimum Gasteiger partial charge on any atom is -0.478 e. The Labute approximate surface area is 95.3 Å². The highest BCUT2D eigenvalue weighted by atomic mass is 16.4. The molecule has 0 amide bonds. The summed E-state index contributed by atoms with van der Waals surface area (Å²) >= 11 is 0. The lowest BCUT2D eigenvalue weighted by atomic mass is 9.97. The fourth-order valence-electron chi connectivity index (χ4n) is 1.17.